The summed E-state index contributed by atoms with van der Waals surface area (Å²) >= 11 is 0. The maximum atomic E-state index is 11.4. The molecule has 1 amide bonds. The molecule has 5 nitrogen and oxygen atoms in total. The molecule has 3 N–H and O–H groups in total. The molecule has 0 saturated heterocycles. The summed E-state index contributed by atoms with van der Waals surface area (Å²) in [7, 11) is 0. The Kier molecular flexibility index (Phi) is 9.63. The standard InChI is InChI=1S/C16H32N2O3/c1-3-8-18-16(20)7-9-17-11-14(19)12-21-15-6-4-5-13(2)10-15/h13-15,17,19H,3-12H2,1-2H3,(H,18,20). The molecule has 0 heterocycles. The van der Waals surface area contributed by atoms with Gasteiger partial charge in [0.1, 0.15) is 0 Å². The van der Waals surface area contributed by atoms with E-state index in [2.05, 4.69) is 17.6 Å². The van der Waals surface area contributed by atoms with Crippen molar-refractivity contribution in [1.82, 2.24) is 10.6 Å². The molecule has 1 aliphatic rings. The van der Waals surface area contributed by atoms with Gasteiger partial charge in [-0.3, -0.25) is 4.79 Å². The topological polar surface area (TPSA) is 70.6 Å². The zero-order chi connectivity index (χ0) is 15.5. The van der Waals surface area contributed by atoms with Crippen LogP contribution in [-0.2, 0) is 9.53 Å². The van der Waals surface area contributed by atoms with Gasteiger partial charge in [0, 0.05) is 26.1 Å². The first-order valence-electron chi connectivity index (χ1n) is 8.38. The van der Waals surface area contributed by atoms with E-state index >= 15 is 0 Å². The molecule has 1 fully saturated rings. The van der Waals surface area contributed by atoms with E-state index in [1.807, 2.05) is 6.92 Å². The van der Waals surface area contributed by atoms with Crippen LogP contribution in [0.3, 0.4) is 0 Å². The van der Waals surface area contributed by atoms with E-state index in [9.17, 15) is 9.90 Å². The molecule has 3 atom stereocenters. The molecule has 1 aliphatic carbocycles. The Labute approximate surface area is 128 Å². The summed E-state index contributed by atoms with van der Waals surface area (Å²) in [6, 6.07) is 0. The number of carbonyl (C=O) groups is 1. The van der Waals surface area contributed by atoms with E-state index in [0.29, 0.717) is 32.2 Å². The fraction of sp³-hybridized carbons (Fsp3) is 0.938. The molecule has 0 aromatic carbocycles. The first-order valence-corrected chi connectivity index (χ1v) is 8.38. The van der Waals surface area contributed by atoms with E-state index < -0.39 is 6.10 Å². The van der Waals surface area contributed by atoms with Crippen LogP contribution in [0.25, 0.3) is 0 Å². The van der Waals surface area contributed by atoms with E-state index in [1.165, 1.54) is 12.8 Å². The zero-order valence-electron chi connectivity index (χ0n) is 13.6. The summed E-state index contributed by atoms with van der Waals surface area (Å²) in [5.41, 5.74) is 0. The highest BCUT2D eigenvalue weighted by Crippen LogP contribution is 2.25. The van der Waals surface area contributed by atoms with E-state index in [-0.39, 0.29) is 5.91 Å². The molecule has 1 saturated carbocycles. The molecular weight excluding hydrogens is 268 g/mol. The molecule has 0 radical (unpaired) electrons. The minimum atomic E-state index is -0.499. The Bertz CT molecular complexity index is 287. The second kappa shape index (κ2) is 11.0. The third-order valence-electron chi connectivity index (χ3n) is 3.89. The Morgan fingerprint density at radius 2 is 2.19 bits per heavy atom. The Morgan fingerprint density at radius 3 is 2.90 bits per heavy atom. The number of nitrogens with one attached hydrogen (secondary N) is 2. The van der Waals surface area contributed by atoms with Crippen LogP contribution in [0.2, 0.25) is 0 Å². The van der Waals surface area contributed by atoms with Gasteiger partial charge in [-0.25, -0.2) is 0 Å². The average Bonchev–Trinajstić information content (AvgIpc) is 2.47. The SMILES string of the molecule is CCCNC(=O)CCNCC(O)COC1CCCC(C)C1. The van der Waals surface area contributed by atoms with Gasteiger partial charge in [-0.05, 0) is 25.2 Å². The number of carbonyl (C=O) groups excluding carboxylic acids is 1. The molecule has 124 valence electrons. The van der Waals surface area contributed by atoms with Crippen molar-refractivity contribution in [3.05, 3.63) is 0 Å². The van der Waals surface area contributed by atoms with Crippen LogP contribution in [0.1, 0.15) is 52.4 Å². The summed E-state index contributed by atoms with van der Waals surface area (Å²) in [5, 5.41) is 15.8. The molecule has 5 heteroatoms. The Hall–Kier alpha value is -0.650. The van der Waals surface area contributed by atoms with Gasteiger partial charge in [-0.2, -0.15) is 0 Å². The summed E-state index contributed by atoms with van der Waals surface area (Å²) in [6.45, 7) is 6.47. The molecular formula is C16H32N2O3. The summed E-state index contributed by atoms with van der Waals surface area (Å²) in [6.07, 6.45) is 5.96. The minimum Gasteiger partial charge on any atom is -0.389 e. The molecule has 3 unspecified atom stereocenters. The lowest BCUT2D eigenvalue weighted by Gasteiger charge is -2.27. The van der Waals surface area contributed by atoms with Gasteiger partial charge in [0.05, 0.1) is 18.8 Å². The maximum absolute atomic E-state index is 11.4. The van der Waals surface area contributed by atoms with Crippen molar-refractivity contribution in [3.63, 3.8) is 0 Å². The molecule has 21 heavy (non-hydrogen) atoms. The zero-order valence-corrected chi connectivity index (χ0v) is 13.6. The molecule has 0 aromatic rings. The molecule has 0 spiro atoms. The minimum absolute atomic E-state index is 0.0614. The van der Waals surface area contributed by atoms with E-state index in [0.717, 1.165) is 31.7 Å². The first kappa shape index (κ1) is 18.4. The van der Waals surface area contributed by atoms with Gasteiger partial charge >= 0.3 is 0 Å². The number of aliphatic hydroxyl groups is 1. The van der Waals surface area contributed by atoms with Crippen LogP contribution >= 0.6 is 0 Å². The van der Waals surface area contributed by atoms with Gasteiger partial charge in [0.15, 0.2) is 0 Å². The Morgan fingerprint density at radius 1 is 1.38 bits per heavy atom. The van der Waals surface area contributed by atoms with Crippen molar-refractivity contribution in [2.75, 3.05) is 26.2 Å². The average molecular weight is 300 g/mol. The lowest BCUT2D eigenvalue weighted by molar-refractivity contribution is -0.121. The van der Waals surface area contributed by atoms with Crippen LogP contribution in [0.5, 0.6) is 0 Å². The van der Waals surface area contributed by atoms with Gasteiger partial charge < -0.3 is 20.5 Å². The van der Waals surface area contributed by atoms with E-state index in [1.54, 1.807) is 0 Å². The lowest BCUT2D eigenvalue weighted by Crippen LogP contribution is -2.35. The number of rotatable bonds is 10. The maximum Gasteiger partial charge on any atom is 0.221 e. The fourth-order valence-electron chi connectivity index (χ4n) is 2.66. The largest absolute Gasteiger partial charge is 0.389 e. The highest BCUT2D eigenvalue weighted by Gasteiger charge is 2.20. The van der Waals surface area contributed by atoms with Crippen molar-refractivity contribution in [2.45, 2.75) is 64.6 Å². The number of aliphatic hydroxyl groups excluding tert-OH is 1. The van der Waals surface area contributed by atoms with Crippen LogP contribution in [0, 0.1) is 5.92 Å². The van der Waals surface area contributed by atoms with E-state index in [4.69, 9.17) is 4.74 Å². The predicted octanol–water partition coefficient (Wildman–Crippen LogP) is 1.45. The van der Waals surface area contributed by atoms with Gasteiger partial charge in [-0.1, -0.05) is 26.7 Å². The second-order valence-electron chi connectivity index (χ2n) is 6.19. The van der Waals surface area contributed by atoms with Crippen molar-refractivity contribution >= 4 is 5.91 Å². The highest BCUT2D eigenvalue weighted by atomic mass is 16.5. The lowest BCUT2D eigenvalue weighted by atomic mass is 9.89. The van der Waals surface area contributed by atoms with Gasteiger partial charge in [0.25, 0.3) is 0 Å². The predicted molar refractivity (Wildman–Crippen MR) is 84.2 cm³/mol. The monoisotopic (exact) mass is 300 g/mol. The Balaban J connectivity index is 1.98. The summed E-state index contributed by atoms with van der Waals surface area (Å²) in [4.78, 5) is 11.4. The number of hydrogen-bond acceptors (Lipinski definition) is 4. The van der Waals surface area contributed by atoms with Gasteiger partial charge in [0.2, 0.25) is 5.91 Å². The molecule has 0 aliphatic heterocycles. The van der Waals surface area contributed by atoms with Crippen LogP contribution < -0.4 is 10.6 Å². The first-order chi connectivity index (χ1) is 10.1. The number of amides is 1. The second-order valence-corrected chi connectivity index (χ2v) is 6.19. The highest BCUT2D eigenvalue weighted by molar-refractivity contribution is 5.75. The normalized spacial score (nSPS) is 23.8. The van der Waals surface area contributed by atoms with Crippen molar-refractivity contribution in [2.24, 2.45) is 5.92 Å². The number of hydrogen-bond donors (Lipinski definition) is 3. The quantitative estimate of drug-likeness (QED) is 0.534. The summed E-state index contributed by atoms with van der Waals surface area (Å²) in [5.74, 6) is 0.798. The third-order valence-corrected chi connectivity index (χ3v) is 3.89. The van der Waals surface area contributed by atoms with Crippen molar-refractivity contribution < 1.29 is 14.6 Å². The smallest absolute Gasteiger partial charge is 0.221 e. The van der Waals surface area contributed by atoms with Crippen LogP contribution in [0.4, 0.5) is 0 Å². The fourth-order valence-corrected chi connectivity index (χ4v) is 2.66. The third kappa shape index (κ3) is 9.06. The number of ether oxygens (including phenoxy) is 1. The molecule has 0 aromatic heterocycles. The molecule has 0 bridgehead atoms. The van der Waals surface area contributed by atoms with Gasteiger partial charge in [-0.15, -0.1) is 0 Å². The summed E-state index contributed by atoms with van der Waals surface area (Å²) < 4.78 is 5.78. The molecule has 1 rings (SSSR count). The van der Waals surface area contributed by atoms with Crippen molar-refractivity contribution in [3.8, 4) is 0 Å². The van der Waals surface area contributed by atoms with Crippen LogP contribution in [-0.4, -0.2) is 49.5 Å². The van der Waals surface area contributed by atoms with Crippen LogP contribution in [0.15, 0.2) is 0 Å². The van der Waals surface area contributed by atoms with Crippen molar-refractivity contribution in [1.29, 1.82) is 0 Å².